The quantitative estimate of drug-likeness (QED) is 0.877. The van der Waals surface area contributed by atoms with Crippen molar-refractivity contribution in [2.24, 2.45) is 5.92 Å². The van der Waals surface area contributed by atoms with E-state index in [1.807, 2.05) is 0 Å². The van der Waals surface area contributed by atoms with E-state index in [0.29, 0.717) is 12.0 Å². The van der Waals surface area contributed by atoms with Gasteiger partial charge in [-0.2, -0.15) is 0 Å². The van der Waals surface area contributed by atoms with Crippen molar-refractivity contribution < 1.29 is 4.39 Å². The molecule has 20 heavy (non-hydrogen) atoms. The first-order valence-corrected chi connectivity index (χ1v) is 7.84. The fraction of sp³-hybridized carbons (Fsp3) is 0.647. The number of nitrogens with zero attached hydrogens (tertiary/aromatic N) is 1. The summed E-state index contributed by atoms with van der Waals surface area (Å²) in [6, 6.07) is 5.95. The molecule has 1 aliphatic rings. The molecule has 3 heteroatoms. The minimum Gasteiger partial charge on any atom is -0.371 e. The van der Waals surface area contributed by atoms with Crippen LogP contribution in [0.1, 0.15) is 45.1 Å². The molecule has 2 unspecified atom stereocenters. The molecule has 1 aliphatic carbocycles. The van der Waals surface area contributed by atoms with E-state index >= 15 is 0 Å². The van der Waals surface area contributed by atoms with Gasteiger partial charge in [-0.1, -0.05) is 26.7 Å². The number of rotatable bonds is 5. The molecule has 2 nitrogen and oxygen atoms in total. The number of hydrogen-bond acceptors (Lipinski definition) is 2. The standard InChI is InChI=1S/C17H27FN2/c1-4-19-12-14-9-15(18)11-16(10-14)20(3)17-8-6-5-7-13(17)2/h9-11,13,17,19H,4-8,12H2,1-3H3. The van der Waals surface area contributed by atoms with Crippen molar-refractivity contribution in [3.05, 3.63) is 29.6 Å². The molecule has 0 radical (unpaired) electrons. The molecule has 0 saturated heterocycles. The highest BCUT2D eigenvalue weighted by atomic mass is 19.1. The van der Waals surface area contributed by atoms with Gasteiger partial charge in [-0.05, 0) is 49.1 Å². The third kappa shape index (κ3) is 3.72. The molecular formula is C17H27FN2. The highest BCUT2D eigenvalue weighted by Gasteiger charge is 2.25. The van der Waals surface area contributed by atoms with Crippen LogP contribution in [0.5, 0.6) is 0 Å². The van der Waals surface area contributed by atoms with Crippen molar-refractivity contribution in [2.45, 2.75) is 52.1 Å². The smallest absolute Gasteiger partial charge is 0.125 e. The van der Waals surface area contributed by atoms with Crippen LogP contribution in [0.3, 0.4) is 0 Å². The minimum absolute atomic E-state index is 0.134. The second kappa shape index (κ2) is 7.07. The summed E-state index contributed by atoms with van der Waals surface area (Å²) in [6.45, 7) is 6.02. The van der Waals surface area contributed by atoms with Crippen LogP contribution < -0.4 is 10.2 Å². The van der Waals surface area contributed by atoms with Crippen LogP contribution >= 0.6 is 0 Å². The first-order valence-electron chi connectivity index (χ1n) is 7.84. The van der Waals surface area contributed by atoms with Gasteiger partial charge < -0.3 is 10.2 Å². The van der Waals surface area contributed by atoms with Crippen LogP contribution in [-0.4, -0.2) is 19.6 Å². The molecule has 0 bridgehead atoms. The van der Waals surface area contributed by atoms with Gasteiger partial charge in [0.15, 0.2) is 0 Å². The van der Waals surface area contributed by atoms with E-state index in [2.05, 4.69) is 37.2 Å². The van der Waals surface area contributed by atoms with E-state index in [-0.39, 0.29) is 5.82 Å². The molecular weight excluding hydrogens is 251 g/mol. The molecule has 0 aromatic heterocycles. The maximum Gasteiger partial charge on any atom is 0.125 e. The molecule has 1 aromatic rings. The van der Waals surface area contributed by atoms with E-state index in [1.165, 1.54) is 25.7 Å². The van der Waals surface area contributed by atoms with Gasteiger partial charge in [0.25, 0.3) is 0 Å². The molecule has 2 atom stereocenters. The Morgan fingerprint density at radius 3 is 2.70 bits per heavy atom. The van der Waals surface area contributed by atoms with Gasteiger partial charge in [0.05, 0.1) is 0 Å². The number of benzene rings is 1. The van der Waals surface area contributed by atoms with E-state index < -0.39 is 0 Å². The molecule has 0 spiro atoms. The number of hydrogen-bond donors (Lipinski definition) is 1. The van der Waals surface area contributed by atoms with Crippen molar-refractivity contribution in [3.8, 4) is 0 Å². The molecule has 0 aliphatic heterocycles. The fourth-order valence-corrected chi connectivity index (χ4v) is 3.27. The molecule has 0 amide bonds. The van der Waals surface area contributed by atoms with Gasteiger partial charge in [0.1, 0.15) is 5.82 Å². The average Bonchev–Trinajstić information content (AvgIpc) is 2.44. The van der Waals surface area contributed by atoms with E-state index in [4.69, 9.17) is 0 Å². The second-order valence-electron chi connectivity index (χ2n) is 6.04. The molecule has 1 N–H and O–H groups in total. The Kier molecular flexibility index (Phi) is 5.41. The van der Waals surface area contributed by atoms with Crippen molar-refractivity contribution in [1.29, 1.82) is 0 Å². The van der Waals surface area contributed by atoms with Crippen molar-refractivity contribution in [3.63, 3.8) is 0 Å². The maximum absolute atomic E-state index is 13.8. The zero-order valence-electron chi connectivity index (χ0n) is 13.0. The lowest BCUT2D eigenvalue weighted by Gasteiger charge is -2.38. The van der Waals surface area contributed by atoms with Crippen molar-refractivity contribution in [2.75, 3.05) is 18.5 Å². The van der Waals surface area contributed by atoms with Gasteiger partial charge in [0.2, 0.25) is 0 Å². The molecule has 1 aromatic carbocycles. The van der Waals surface area contributed by atoms with Crippen LogP contribution in [0.15, 0.2) is 18.2 Å². The van der Waals surface area contributed by atoms with Crippen LogP contribution in [0.2, 0.25) is 0 Å². The predicted octanol–water partition coefficient (Wildman–Crippen LogP) is 3.95. The van der Waals surface area contributed by atoms with E-state index in [1.54, 1.807) is 12.1 Å². The lowest BCUT2D eigenvalue weighted by atomic mass is 9.85. The summed E-state index contributed by atoms with van der Waals surface area (Å²) in [5.41, 5.74) is 2.04. The molecule has 2 rings (SSSR count). The predicted molar refractivity (Wildman–Crippen MR) is 83.6 cm³/mol. The molecule has 1 saturated carbocycles. The summed E-state index contributed by atoms with van der Waals surface area (Å²) < 4.78 is 13.8. The zero-order chi connectivity index (χ0) is 14.5. The highest BCUT2D eigenvalue weighted by molar-refractivity contribution is 5.49. The van der Waals surface area contributed by atoms with Crippen LogP contribution in [0.4, 0.5) is 10.1 Å². The Labute approximate surface area is 122 Å². The average molecular weight is 278 g/mol. The summed E-state index contributed by atoms with van der Waals surface area (Å²) in [5, 5.41) is 3.26. The van der Waals surface area contributed by atoms with Crippen molar-refractivity contribution in [1.82, 2.24) is 5.32 Å². The fourth-order valence-electron chi connectivity index (χ4n) is 3.27. The number of halogens is 1. The molecule has 0 heterocycles. The summed E-state index contributed by atoms with van der Waals surface area (Å²) >= 11 is 0. The van der Waals surface area contributed by atoms with Gasteiger partial charge in [-0.25, -0.2) is 4.39 Å². The Morgan fingerprint density at radius 2 is 2.00 bits per heavy atom. The Morgan fingerprint density at radius 1 is 1.25 bits per heavy atom. The normalized spacial score (nSPS) is 22.8. The molecule has 1 fully saturated rings. The van der Waals surface area contributed by atoms with Gasteiger partial charge in [-0.15, -0.1) is 0 Å². The van der Waals surface area contributed by atoms with Gasteiger partial charge in [-0.3, -0.25) is 0 Å². The summed E-state index contributed by atoms with van der Waals surface area (Å²) in [7, 11) is 2.11. The van der Waals surface area contributed by atoms with Crippen molar-refractivity contribution >= 4 is 5.69 Å². The van der Waals surface area contributed by atoms with E-state index in [0.717, 1.165) is 24.3 Å². The first-order chi connectivity index (χ1) is 9.61. The largest absolute Gasteiger partial charge is 0.371 e. The number of anilines is 1. The first kappa shape index (κ1) is 15.3. The number of nitrogens with one attached hydrogen (secondary N) is 1. The third-order valence-corrected chi connectivity index (χ3v) is 4.49. The molecule has 112 valence electrons. The second-order valence-corrected chi connectivity index (χ2v) is 6.04. The summed E-state index contributed by atoms with van der Waals surface area (Å²) in [6.07, 6.45) is 5.13. The monoisotopic (exact) mass is 278 g/mol. The minimum atomic E-state index is -0.134. The lowest BCUT2D eigenvalue weighted by Crippen LogP contribution is -2.39. The van der Waals surface area contributed by atoms with E-state index in [9.17, 15) is 4.39 Å². The van der Waals surface area contributed by atoms with Crippen LogP contribution in [-0.2, 0) is 6.54 Å². The third-order valence-electron chi connectivity index (χ3n) is 4.49. The highest BCUT2D eigenvalue weighted by Crippen LogP contribution is 2.31. The van der Waals surface area contributed by atoms with Gasteiger partial charge in [0, 0.05) is 25.3 Å². The Balaban J connectivity index is 2.15. The van der Waals surface area contributed by atoms with Gasteiger partial charge >= 0.3 is 0 Å². The SMILES string of the molecule is CCNCc1cc(F)cc(N(C)C2CCCCC2C)c1. The topological polar surface area (TPSA) is 15.3 Å². The zero-order valence-corrected chi connectivity index (χ0v) is 13.0. The Bertz CT molecular complexity index is 433. The van der Waals surface area contributed by atoms with Crippen LogP contribution in [0, 0.1) is 11.7 Å². The summed E-state index contributed by atoms with van der Waals surface area (Å²) in [5.74, 6) is 0.556. The summed E-state index contributed by atoms with van der Waals surface area (Å²) in [4.78, 5) is 2.28. The Hall–Kier alpha value is -1.09. The lowest BCUT2D eigenvalue weighted by molar-refractivity contribution is 0.321. The maximum atomic E-state index is 13.8. The van der Waals surface area contributed by atoms with Crippen LogP contribution in [0.25, 0.3) is 0 Å².